The van der Waals surface area contributed by atoms with E-state index < -0.39 is 0 Å². The van der Waals surface area contributed by atoms with Gasteiger partial charge in [-0.15, -0.1) is 11.3 Å². The first-order chi connectivity index (χ1) is 6.31. The molecule has 0 aliphatic carbocycles. The predicted molar refractivity (Wildman–Crippen MR) is 51.3 cm³/mol. The Balaban J connectivity index is 2.56. The molecule has 0 atom stereocenters. The maximum absolute atomic E-state index is 11.1. The molecule has 0 fully saturated rings. The predicted octanol–water partition coefficient (Wildman–Crippen LogP) is 0.900. The summed E-state index contributed by atoms with van der Waals surface area (Å²) >= 11 is 1.40. The zero-order chi connectivity index (χ0) is 9.26. The number of thiophene rings is 1. The van der Waals surface area contributed by atoms with Crippen LogP contribution in [0.25, 0.3) is 10.1 Å². The lowest BCUT2D eigenvalue weighted by molar-refractivity contribution is 0.0958. The summed E-state index contributed by atoms with van der Waals surface area (Å²) in [6.07, 6.45) is 3.42. The lowest BCUT2D eigenvalue weighted by Gasteiger charge is -1.90. The minimum Gasteiger partial charge on any atom is -0.289 e. The second-order valence-corrected chi connectivity index (χ2v) is 3.58. The molecule has 0 aliphatic rings. The Kier molecular flexibility index (Phi) is 1.96. The summed E-state index contributed by atoms with van der Waals surface area (Å²) in [7, 11) is 0. The normalized spacial score (nSPS) is 10.2. The van der Waals surface area contributed by atoms with Crippen LogP contribution < -0.4 is 11.3 Å². The molecule has 0 saturated carbocycles. The van der Waals surface area contributed by atoms with Crippen molar-refractivity contribution in [1.29, 1.82) is 0 Å². The number of fused-ring (bicyclic) bond motifs is 1. The average Bonchev–Trinajstić information content (AvgIpc) is 2.59. The Morgan fingerprint density at radius 3 is 3.15 bits per heavy atom. The zero-order valence-corrected chi connectivity index (χ0v) is 7.47. The van der Waals surface area contributed by atoms with Crippen LogP contribution in [0.1, 0.15) is 9.67 Å². The summed E-state index contributed by atoms with van der Waals surface area (Å²) in [4.78, 5) is 15.7. The van der Waals surface area contributed by atoms with Crippen LogP contribution in [-0.2, 0) is 0 Å². The number of rotatable bonds is 1. The Hall–Kier alpha value is -1.46. The first-order valence-electron chi connectivity index (χ1n) is 3.66. The van der Waals surface area contributed by atoms with Crippen LogP contribution in [0.4, 0.5) is 0 Å². The summed E-state index contributed by atoms with van der Waals surface area (Å²) in [6.45, 7) is 0. The highest BCUT2D eigenvalue weighted by Crippen LogP contribution is 2.23. The Morgan fingerprint density at radius 2 is 2.46 bits per heavy atom. The van der Waals surface area contributed by atoms with Crippen molar-refractivity contribution in [2.45, 2.75) is 0 Å². The number of pyridine rings is 1. The third-order valence-corrected chi connectivity index (χ3v) is 2.79. The van der Waals surface area contributed by atoms with E-state index in [0.29, 0.717) is 4.88 Å². The summed E-state index contributed by atoms with van der Waals surface area (Å²) in [5.74, 6) is 4.75. The van der Waals surface area contributed by atoms with Gasteiger partial charge in [-0.3, -0.25) is 15.2 Å². The first-order valence-corrected chi connectivity index (χ1v) is 4.47. The van der Waals surface area contributed by atoms with Crippen molar-refractivity contribution >= 4 is 27.3 Å². The van der Waals surface area contributed by atoms with Crippen molar-refractivity contribution in [2.75, 3.05) is 0 Å². The third kappa shape index (κ3) is 1.39. The van der Waals surface area contributed by atoms with Crippen LogP contribution in [0.3, 0.4) is 0 Å². The molecular formula is C8H7N3OS. The van der Waals surface area contributed by atoms with Crippen LogP contribution in [0.2, 0.25) is 0 Å². The number of carbonyl (C=O) groups excluding carboxylic acids is 1. The SMILES string of the molecule is NNC(=O)c1cc2cnccc2s1. The topological polar surface area (TPSA) is 68.0 Å². The average molecular weight is 193 g/mol. The van der Waals surface area contributed by atoms with Crippen molar-refractivity contribution in [3.63, 3.8) is 0 Å². The van der Waals surface area contributed by atoms with Gasteiger partial charge in [-0.05, 0) is 12.1 Å². The van der Waals surface area contributed by atoms with Gasteiger partial charge in [-0.1, -0.05) is 0 Å². The highest BCUT2D eigenvalue weighted by molar-refractivity contribution is 7.20. The molecule has 0 bridgehead atoms. The summed E-state index contributed by atoms with van der Waals surface area (Å²) < 4.78 is 1.04. The van der Waals surface area contributed by atoms with Gasteiger partial charge in [0.15, 0.2) is 0 Å². The molecule has 0 aromatic carbocycles. The van der Waals surface area contributed by atoms with Gasteiger partial charge in [-0.25, -0.2) is 5.84 Å². The Labute approximate surface area is 78.4 Å². The van der Waals surface area contributed by atoms with Crippen LogP contribution >= 0.6 is 11.3 Å². The number of nitrogens with zero attached hydrogens (tertiary/aromatic N) is 1. The quantitative estimate of drug-likeness (QED) is 0.401. The molecule has 2 aromatic heterocycles. The molecular weight excluding hydrogens is 186 g/mol. The number of hydrogen-bond donors (Lipinski definition) is 2. The van der Waals surface area contributed by atoms with E-state index in [1.54, 1.807) is 18.5 Å². The van der Waals surface area contributed by atoms with E-state index in [-0.39, 0.29) is 5.91 Å². The molecule has 13 heavy (non-hydrogen) atoms. The van der Waals surface area contributed by atoms with E-state index in [0.717, 1.165) is 10.1 Å². The van der Waals surface area contributed by atoms with Gasteiger partial charge in [-0.2, -0.15) is 0 Å². The molecule has 1 amide bonds. The number of hydrogen-bond acceptors (Lipinski definition) is 4. The van der Waals surface area contributed by atoms with Gasteiger partial charge >= 0.3 is 0 Å². The molecule has 3 N–H and O–H groups in total. The number of nitrogen functional groups attached to an aromatic ring is 1. The van der Waals surface area contributed by atoms with Crippen molar-refractivity contribution in [3.05, 3.63) is 29.4 Å². The van der Waals surface area contributed by atoms with Gasteiger partial charge in [0.25, 0.3) is 5.91 Å². The summed E-state index contributed by atoms with van der Waals surface area (Å²) in [6, 6.07) is 3.64. The highest BCUT2D eigenvalue weighted by atomic mass is 32.1. The van der Waals surface area contributed by atoms with Crippen LogP contribution in [-0.4, -0.2) is 10.9 Å². The Bertz CT molecular complexity index is 418. The molecule has 0 unspecified atom stereocenters. The lowest BCUT2D eigenvalue weighted by atomic mass is 10.3. The van der Waals surface area contributed by atoms with Crippen LogP contribution in [0.5, 0.6) is 0 Å². The lowest BCUT2D eigenvalue weighted by Crippen LogP contribution is -2.29. The molecule has 4 nitrogen and oxygen atoms in total. The van der Waals surface area contributed by atoms with Crippen molar-refractivity contribution in [3.8, 4) is 0 Å². The molecule has 0 saturated heterocycles. The number of nitrogens with two attached hydrogens (primary N) is 1. The Morgan fingerprint density at radius 1 is 1.62 bits per heavy atom. The maximum Gasteiger partial charge on any atom is 0.275 e. The molecule has 0 spiro atoms. The summed E-state index contributed by atoms with van der Waals surface area (Å²) in [5.41, 5.74) is 2.09. The maximum atomic E-state index is 11.1. The number of amides is 1. The fourth-order valence-corrected chi connectivity index (χ4v) is 2.00. The first kappa shape index (κ1) is 8.15. The van der Waals surface area contributed by atoms with E-state index in [1.807, 2.05) is 6.07 Å². The van der Waals surface area contributed by atoms with E-state index in [9.17, 15) is 4.79 Å². The standard InChI is InChI=1S/C8H7N3OS/c9-11-8(12)7-3-5-4-10-2-1-6(5)13-7/h1-4H,9H2,(H,11,12). The molecule has 0 aliphatic heterocycles. The van der Waals surface area contributed by atoms with Crippen molar-refractivity contribution in [2.24, 2.45) is 5.84 Å². The molecule has 5 heteroatoms. The van der Waals surface area contributed by atoms with Gasteiger partial charge < -0.3 is 0 Å². The van der Waals surface area contributed by atoms with E-state index >= 15 is 0 Å². The van der Waals surface area contributed by atoms with Gasteiger partial charge in [0.1, 0.15) is 0 Å². The fraction of sp³-hybridized carbons (Fsp3) is 0. The van der Waals surface area contributed by atoms with Gasteiger partial charge in [0.05, 0.1) is 4.88 Å². The minimum atomic E-state index is -0.263. The fourth-order valence-electron chi connectivity index (χ4n) is 1.07. The number of carbonyl (C=O) groups is 1. The highest BCUT2D eigenvalue weighted by Gasteiger charge is 2.07. The second-order valence-electron chi connectivity index (χ2n) is 2.50. The van der Waals surface area contributed by atoms with E-state index in [4.69, 9.17) is 5.84 Å². The second kappa shape index (κ2) is 3.12. The van der Waals surface area contributed by atoms with Crippen LogP contribution in [0, 0.1) is 0 Å². The van der Waals surface area contributed by atoms with Crippen molar-refractivity contribution < 1.29 is 4.79 Å². The monoisotopic (exact) mass is 193 g/mol. The molecule has 0 radical (unpaired) electrons. The molecule has 2 aromatic rings. The number of hydrazine groups is 1. The molecule has 2 heterocycles. The molecule has 2 rings (SSSR count). The van der Waals surface area contributed by atoms with Crippen molar-refractivity contribution in [1.82, 2.24) is 10.4 Å². The van der Waals surface area contributed by atoms with E-state index in [1.165, 1.54) is 11.3 Å². The van der Waals surface area contributed by atoms with Gasteiger partial charge in [0.2, 0.25) is 0 Å². The smallest absolute Gasteiger partial charge is 0.275 e. The minimum absolute atomic E-state index is 0.263. The molecule has 66 valence electrons. The number of aromatic nitrogens is 1. The largest absolute Gasteiger partial charge is 0.289 e. The number of nitrogens with one attached hydrogen (secondary N) is 1. The third-order valence-electron chi connectivity index (χ3n) is 1.67. The van der Waals surface area contributed by atoms with E-state index in [2.05, 4.69) is 10.4 Å². The van der Waals surface area contributed by atoms with Crippen LogP contribution in [0.15, 0.2) is 24.5 Å². The summed E-state index contributed by atoms with van der Waals surface area (Å²) in [5, 5.41) is 0.964. The zero-order valence-electron chi connectivity index (χ0n) is 6.65. The van der Waals surface area contributed by atoms with Gasteiger partial charge in [0, 0.05) is 22.5 Å².